The first-order valence-electron chi connectivity index (χ1n) is 4.27. The van der Waals surface area contributed by atoms with Gasteiger partial charge in [0.15, 0.2) is 0 Å². The van der Waals surface area contributed by atoms with Crippen molar-refractivity contribution in [2.75, 3.05) is 18.0 Å². The number of para-hydroxylation sites is 1. The second-order valence-electron chi connectivity index (χ2n) is 2.68. The standard InChI is InChI=1S/C11H15N/c1-3-10-12(4-2)11-8-6-5-7-9-11/h5-9H,1-4,10H2. The van der Waals surface area contributed by atoms with Gasteiger partial charge in [0, 0.05) is 18.8 Å². The van der Waals surface area contributed by atoms with Crippen LogP contribution in [0.4, 0.5) is 5.69 Å². The van der Waals surface area contributed by atoms with Crippen LogP contribution in [0.25, 0.3) is 0 Å². The van der Waals surface area contributed by atoms with Gasteiger partial charge in [0.2, 0.25) is 0 Å². The lowest BCUT2D eigenvalue weighted by atomic mass is 10.3. The van der Waals surface area contributed by atoms with Crippen molar-refractivity contribution in [3.63, 3.8) is 0 Å². The number of hydrogen-bond acceptors (Lipinski definition) is 1. The fraction of sp³-hybridized carbons (Fsp3) is 0.273. The van der Waals surface area contributed by atoms with Crippen LogP contribution in [0.2, 0.25) is 0 Å². The molecule has 0 amide bonds. The Bertz CT molecular complexity index is 206. The number of benzene rings is 1. The molecule has 1 aromatic carbocycles. The topological polar surface area (TPSA) is 3.24 Å². The highest BCUT2D eigenvalue weighted by atomic mass is 15.1. The molecule has 0 fully saturated rings. The Hall–Kier alpha value is -0.980. The fourth-order valence-corrected chi connectivity index (χ4v) is 1.20. The van der Waals surface area contributed by atoms with Crippen LogP contribution in [0.1, 0.15) is 6.42 Å². The summed E-state index contributed by atoms with van der Waals surface area (Å²) in [6.45, 7) is 9.49. The molecule has 0 aliphatic heterocycles. The number of anilines is 1. The van der Waals surface area contributed by atoms with Crippen molar-refractivity contribution in [3.8, 4) is 0 Å². The van der Waals surface area contributed by atoms with E-state index in [2.05, 4.69) is 30.9 Å². The SMILES string of the molecule is [CH2]CCN(C[CH2])c1ccccc1. The molecule has 0 spiro atoms. The van der Waals surface area contributed by atoms with E-state index in [0.29, 0.717) is 0 Å². The van der Waals surface area contributed by atoms with Crippen molar-refractivity contribution in [2.24, 2.45) is 0 Å². The average Bonchev–Trinajstić information content (AvgIpc) is 2.15. The van der Waals surface area contributed by atoms with Crippen LogP contribution in [-0.2, 0) is 0 Å². The summed E-state index contributed by atoms with van der Waals surface area (Å²) in [5, 5.41) is 0. The molecular formula is C11H15N. The Kier molecular flexibility index (Phi) is 3.65. The lowest BCUT2D eigenvalue weighted by Crippen LogP contribution is -2.23. The minimum atomic E-state index is 0.805. The van der Waals surface area contributed by atoms with E-state index in [-0.39, 0.29) is 0 Å². The van der Waals surface area contributed by atoms with Gasteiger partial charge >= 0.3 is 0 Å². The molecule has 1 heteroatoms. The molecule has 0 aliphatic carbocycles. The van der Waals surface area contributed by atoms with Gasteiger partial charge in [0.05, 0.1) is 0 Å². The predicted molar refractivity (Wildman–Crippen MR) is 54.0 cm³/mol. The van der Waals surface area contributed by atoms with Crippen LogP contribution < -0.4 is 4.90 Å². The highest BCUT2D eigenvalue weighted by Gasteiger charge is 1.99. The van der Waals surface area contributed by atoms with Crippen LogP contribution >= 0.6 is 0 Å². The monoisotopic (exact) mass is 161 g/mol. The quantitative estimate of drug-likeness (QED) is 0.656. The minimum absolute atomic E-state index is 0.805. The first-order valence-corrected chi connectivity index (χ1v) is 4.27. The highest BCUT2D eigenvalue weighted by Crippen LogP contribution is 2.12. The van der Waals surface area contributed by atoms with Crippen molar-refractivity contribution in [3.05, 3.63) is 44.2 Å². The molecule has 0 heterocycles. The molecule has 1 nitrogen and oxygen atoms in total. The molecular weight excluding hydrogens is 146 g/mol. The lowest BCUT2D eigenvalue weighted by Gasteiger charge is -2.21. The van der Waals surface area contributed by atoms with Gasteiger partial charge in [-0.1, -0.05) is 25.1 Å². The first-order chi connectivity index (χ1) is 5.88. The normalized spacial score (nSPS) is 9.83. The molecule has 0 unspecified atom stereocenters. The van der Waals surface area contributed by atoms with E-state index >= 15 is 0 Å². The Morgan fingerprint density at radius 2 is 1.75 bits per heavy atom. The van der Waals surface area contributed by atoms with Gasteiger partial charge in [-0.25, -0.2) is 0 Å². The summed E-state index contributed by atoms with van der Waals surface area (Å²) in [6, 6.07) is 10.3. The van der Waals surface area contributed by atoms with Crippen molar-refractivity contribution in [1.29, 1.82) is 0 Å². The minimum Gasteiger partial charge on any atom is -0.372 e. The number of nitrogens with zero attached hydrogens (tertiary/aromatic N) is 1. The average molecular weight is 161 g/mol. The number of rotatable bonds is 4. The summed E-state index contributed by atoms with van der Waals surface area (Å²) in [7, 11) is 0. The van der Waals surface area contributed by atoms with Crippen molar-refractivity contribution in [1.82, 2.24) is 0 Å². The maximum atomic E-state index is 3.88. The van der Waals surface area contributed by atoms with Crippen LogP contribution in [0.5, 0.6) is 0 Å². The zero-order valence-corrected chi connectivity index (χ0v) is 7.37. The van der Waals surface area contributed by atoms with Gasteiger partial charge < -0.3 is 4.90 Å². The molecule has 0 aromatic heterocycles. The summed E-state index contributed by atoms with van der Waals surface area (Å²) in [4.78, 5) is 2.22. The van der Waals surface area contributed by atoms with E-state index < -0.39 is 0 Å². The third kappa shape index (κ3) is 2.26. The van der Waals surface area contributed by atoms with E-state index in [1.54, 1.807) is 0 Å². The summed E-state index contributed by atoms with van der Waals surface area (Å²) >= 11 is 0. The molecule has 2 radical (unpaired) electrons. The third-order valence-corrected chi connectivity index (χ3v) is 1.82. The van der Waals surface area contributed by atoms with E-state index in [1.807, 2.05) is 18.2 Å². The predicted octanol–water partition coefficient (Wildman–Crippen LogP) is 2.55. The summed E-state index contributed by atoms with van der Waals surface area (Å²) in [6.07, 6.45) is 0.921. The van der Waals surface area contributed by atoms with Crippen LogP contribution in [0, 0.1) is 13.8 Å². The first kappa shape index (κ1) is 9.11. The van der Waals surface area contributed by atoms with Crippen molar-refractivity contribution in [2.45, 2.75) is 6.42 Å². The van der Waals surface area contributed by atoms with Gasteiger partial charge in [-0.05, 0) is 25.5 Å². The maximum absolute atomic E-state index is 3.88. The number of hydrogen-bond donors (Lipinski definition) is 0. The van der Waals surface area contributed by atoms with Crippen molar-refractivity contribution < 1.29 is 0 Å². The van der Waals surface area contributed by atoms with E-state index in [1.165, 1.54) is 5.69 Å². The summed E-state index contributed by atoms with van der Waals surface area (Å²) in [5.74, 6) is 0. The fourth-order valence-electron chi connectivity index (χ4n) is 1.20. The van der Waals surface area contributed by atoms with Gasteiger partial charge in [-0.15, -0.1) is 0 Å². The van der Waals surface area contributed by atoms with Crippen molar-refractivity contribution >= 4 is 5.69 Å². The molecule has 0 saturated heterocycles. The van der Waals surface area contributed by atoms with Gasteiger partial charge in [0.1, 0.15) is 0 Å². The Labute approximate surface area is 75.0 Å². The second-order valence-corrected chi connectivity index (χ2v) is 2.68. The van der Waals surface area contributed by atoms with E-state index in [4.69, 9.17) is 0 Å². The molecule has 0 N–H and O–H groups in total. The molecule has 0 saturated carbocycles. The maximum Gasteiger partial charge on any atom is 0.0366 e. The van der Waals surface area contributed by atoms with Crippen LogP contribution in [-0.4, -0.2) is 13.1 Å². The van der Waals surface area contributed by atoms with Gasteiger partial charge in [-0.2, -0.15) is 0 Å². The molecule has 0 bridgehead atoms. The van der Waals surface area contributed by atoms with Crippen LogP contribution in [0.15, 0.2) is 30.3 Å². The second kappa shape index (κ2) is 4.81. The Morgan fingerprint density at radius 1 is 1.08 bits per heavy atom. The molecule has 1 aromatic rings. The van der Waals surface area contributed by atoms with Gasteiger partial charge in [-0.3, -0.25) is 0 Å². The molecule has 12 heavy (non-hydrogen) atoms. The lowest BCUT2D eigenvalue weighted by molar-refractivity contribution is 0.850. The molecule has 0 aliphatic rings. The smallest absolute Gasteiger partial charge is 0.0366 e. The molecule has 1 rings (SSSR count). The van der Waals surface area contributed by atoms with E-state index in [0.717, 1.165) is 19.5 Å². The third-order valence-electron chi connectivity index (χ3n) is 1.82. The zero-order chi connectivity index (χ0) is 8.81. The highest BCUT2D eigenvalue weighted by molar-refractivity contribution is 5.45. The molecule has 64 valence electrons. The Balaban J connectivity index is 2.66. The Morgan fingerprint density at radius 3 is 2.25 bits per heavy atom. The largest absolute Gasteiger partial charge is 0.372 e. The summed E-state index contributed by atoms with van der Waals surface area (Å²) < 4.78 is 0. The molecule has 0 atom stereocenters. The zero-order valence-electron chi connectivity index (χ0n) is 7.37. The van der Waals surface area contributed by atoms with Gasteiger partial charge in [0.25, 0.3) is 0 Å². The summed E-state index contributed by atoms with van der Waals surface area (Å²) in [5.41, 5.74) is 1.23. The van der Waals surface area contributed by atoms with Crippen LogP contribution in [0.3, 0.4) is 0 Å². The van der Waals surface area contributed by atoms with E-state index in [9.17, 15) is 0 Å².